The van der Waals surface area contributed by atoms with E-state index in [-0.39, 0.29) is 12.5 Å². The zero-order chi connectivity index (χ0) is 24.2. The molecule has 3 aromatic carbocycles. The van der Waals surface area contributed by atoms with E-state index in [1.165, 1.54) is 16.7 Å². The molecule has 1 saturated heterocycles. The van der Waals surface area contributed by atoms with Crippen LogP contribution >= 0.6 is 47.2 Å². The molecular formula is C25H16Cl2N2O3S2. The summed E-state index contributed by atoms with van der Waals surface area (Å²) in [6.45, 7) is 0.224. The van der Waals surface area contributed by atoms with Crippen molar-refractivity contribution in [1.29, 1.82) is 5.26 Å². The third kappa shape index (κ3) is 5.06. The standard InChI is InChI=1S/C25H16Cl2N2O3S2/c1-31-22-10-15(6-9-21(22)32-14-17-5-3-2-4-16(17)13-28)11-23-24(30)29(25(33)34-23)18-7-8-19(26)20(27)12-18/h2-12H,14H2,1H3/b23-11+. The Labute approximate surface area is 216 Å². The third-order valence-electron chi connectivity index (χ3n) is 4.96. The molecule has 1 heterocycles. The maximum absolute atomic E-state index is 13.0. The molecule has 0 atom stereocenters. The summed E-state index contributed by atoms with van der Waals surface area (Å²) in [5, 5.41) is 10.00. The number of halogens is 2. The number of carbonyl (C=O) groups excluding carboxylic acids is 1. The minimum atomic E-state index is -0.249. The lowest BCUT2D eigenvalue weighted by molar-refractivity contribution is -0.113. The minimum Gasteiger partial charge on any atom is -0.493 e. The average Bonchev–Trinajstić information content (AvgIpc) is 3.12. The molecule has 0 saturated carbocycles. The highest BCUT2D eigenvalue weighted by Crippen LogP contribution is 2.39. The topological polar surface area (TPSA) is 62.6 Å². The van der Waals surface area contributed by atoms with E-state index in [1.807, 2.05) is 24.3 Å². The lowest BCUT2D eigenvalue weighted by Crippen LogP contribution is -2.27. The van der Waals surface area contributed by atoms with Gasteiger partial charge in [-0.2, -0.15) is 5.26 Å². The minimum absolute atomic E-state index is 0.224. The number of carbonyl (C=O) groups is 1. The van der Waals surface area contributed by atoms with E-state index in [2.05, 4.69) is 6.07 Å². The largest absolute Gasteiger partial charge is 0.493 e. The van der Waals surface area contributed by atoms with Gasteiger partial charge in [0.05, 0.1) is 39.4 Å². The van der Waals surface area contributed by atoms with E-state index in [1.54, 1.807) is 49.6 Å². The van der Waals surface area contributed by atoms with Crippen molar-refractivity contribution in [3.8, 4) is 17.6 Å². The zero-order valence-electron chi connectivity index (χ0n) is 17.7. The van der Waals surface area contributed by atoms with Gasteiger partial charge in [-0.05, 0) is 48.0 Å². The van der Waals surface area contributed by atoms with Crippen LogP contribution in [0.4, 0.5) is 5.69 Å². The summed E-state index contributed by atoms with van der Waals surface area (Å²) < 4.78 is 11.8. The number of hydrogen-bond acceptors (Lipinski definition) is 6. The number of anilines is 1. The number of ether oxygens (including phenoxy) is 2. The first-order chi connectivity index (χ1) is 16.4. The fraction of sp³-hybridized carbons (Fsp3) is 0.0800. The first kappa shape index (κ1) is 24.1. The number of hydrogen-bond donors (Lipinski definition) is 0. The van der Waals surface area contributed by atoms with Crippen molar-refractivity contribution in [1.82, 2.24) is 0 Å². The Bertz CT molecular complexity index is 1370. The summed E-state index contributed by atoms with van der Waals surface area (Å²) in [7, 11) is 1.54. The van der Waals surface area contributed by atoms with Gasteiger partial charge in [0.1, 0.15) is 6.61 Å². The van der Waals surface area contributed by atoms with Gasteiger partial charge in [0.2, 0.25) is 0 Å². The fourth-order valence-electron chi connectivity index (χ4n) is 3.27. The van der Waals surface area contributed by atoms with Crippen LogP contribution in [-0.2, 0) is 11.4 Å². The van der Waals surface area contributed by atoms with Gasteiger partial charge < -0.3 is 9.47 Å². The molecule has 9 heteroatoms. The number of benzene rings is 3. The molecule has 0 aliphatic carbocycles. The van der Waals surface area contributed by atoms with Gasteiger partial charge >= 0.3 is 0 Å². The molecule has 0 aromatic heterocycles. The molecule has 1 fully saturated rings. The molecule has 0 bridgehead atoms. The smallest absolute Gasteiger partial charge is 0.270 e. The average molecular weight is 527 g/mol. The molecule has 1 aliphatic heterocycles. The highest BCUT2D eigenvalue weighted by atomic mass is 35.5. The monoisotopic (exact) mass is 526 g/mol. The number of nitrogens with zero attached hydrogens (tertiary/aromatic N) is 2. The normalized spacial score (nSPS) is 14.4. The van der Waals surface area contributed by atoms with Crippen molar-refractivity contribution >= 4 is 69.2 Å². The maximum atomic E-state index is 13.0. The molecular weight excluding hydrogens is 511 g/mol. The van der Waals surface area contributed by atoms with E-state index in [4.69, 9.17) is 44.9 Å². The van der Waals surface area contributed by atoms with Crippen molar-refractivity contribution in [3.05, 3.63) is 92.3 Å². The third-order valence-corrected chi connectivity index (χ3v) is 7.00. The molecule has 0 unspecified atom stereocenters. The Kier molecular flexibility index (Phi) is 7.44. The van der Waals surface area contributed by atoms with Crippen LogP contribution in [0, 0.1) is 11.3 Å². The highest BCUT2D eigenvalue weighted by Gasteiger charge is 2.33. The summed E-state index contributed by atoms with van der Waals surface area (Å²) in [6, 6.07) is 19.7. The summed E-state index contributed by atoms with van der Waals surface area (Å²) >= 11 is 18.7. The number of amides is 1. The van der Waals surface area contributed by atoms with E-state index < -0.39 is 0 Å². The van der Waals surface area contributed by atoms with Gasteiger partial charge in [-0.15, -0.1) is 0 Å². The maximum Gasteiger partial charge on any atom is 0.270 e. The SMILES string of the molecule is COc1cc(/C=C2/SC(=S)N(c3ccc(Cl)c(Cl)c3)C2=O)ccc1OCc1ccccc1C#N. The number of thiocarbonyl (C=S) groups is 1. The van der Waals surface area contributed by atoms with E-state index >= 15 is 0 Å². The van der Waals surface area contributed by atoms with Gasteiger partial charge in [0, 0.05) is 5.56 Å². The second-order valence-electron chi connectivity index (χ2n) is 7.08. The summed E-state index contributed by atoms with van der Waals surface area (Å²) in [5.41, 5.74) is 2.64. The van der Waals surface area contributed by atoms with Gasteiger partial charge in [0.25, 0.3) is 5.91 Å². The Balaban J connectivity index is 1.55. The van der Waals surface area contributed by atoms with E-state index in [0.29, 0.717) is 42.0 Å². The van der Waals surface area contributed by atoms with Crippen LogP contribution < -0.4 is 14.4 Å². The van der Waals surface area contributed by atoms with Crippen molar-refractivity contribution in [2.45, 2.75) is 6.61 Å². The predicted octanol–water partition coefficient (Wildman–Crippen LogP) is 6.86. The Morgan fingerprint density at radius 2 is 1.88 bits per heavy atom. The Morgan fingerprint density at radius 1 is 1.09 bits per heavy atom. The van der Waals surface area contributed by atoms with Crippen LogP contribution in [0.3, 0.4) is 0 Å². The highest BCUT2D eigenvalue weighted by molar-refractivity contribution is 8.27. The lowest BCUT2D eigenvalue weighted by Gasteiger charge is -2.15. The molecule has 34 heavy (non-hydrogen) atoms. The van der Waals surface area contributed by atoms with Gasteiger partial charge in [-0.3, -0.25) is 9.69 Å². The molecule has 4 rings (SSSR count). The van der Waals surface area contributed by atoms with Crippen LogP contribution in [0.15, 0.2) is 65.6 Å². The van der Waals surface area contributed by atoms with Crippen molar-refractivity contribution in [2.75, 3.05) is 12.0 Å². The second-order valence-corrected chi connectivity index (χ2v) is 9.57. The first-order valence-electron chi connectivity index (χ1n) is 9.93. The zero-order valence-corrected chi connectivity index (χ0v) is 20.9. The van der Waals surface area contributed by atoms with E-state index in [9.17, 15) is 10.1 Å². The number of nitriles is 1. The number of methoxy groups -OCH3 is 1. The quantitative estimate of drug-likeness (QED) is 0.258. The van der Waals surface area contributed by atoms with Gasteiger partial charge in [0.15, 0.2) is 15.8 Å². The van der Waals surface area contributed by atoms with E-state index in [0.717, 1.165) is 11.1 Å². The van der Waals surface area contributed by atoms with Crippen LogP contribution in [0.2, 0.25) is 10.0 Å². The molecule has 1 amide bonds. The summed E-state index contributed by atoms with van der Waals surface area (Å²) in [5.74, 6) is 0.777. The second kappa shape index (κ2) is 10.5. The van der Waals surface area contributed by atoms with Crippen molar-refractivity contribution in [3.63, 3.8) is 0 Å². The molecule has 0 radical (unpaired) electrons. The molecule has 0 spiro atoms. The lowest BCUT2D eigenvalue weighted by atomic mass is 10.1. The molecule has 3 aromatic rings. The Morgan fingerprint density at radius 3 is 2.62 bits per heavy atom. The summed E-state index contributed by atoms with van der Waals surface area (Å²) in [4.78, 5) is 14.9. The van der Waals surface area contributed by atoms with Crippen molar-refractivity contribution in [2.24, 2.45) is 0 Å². The molecule has 170 valence electrons. The van der Waals surface area contributed by atoms with Crippen LogP contribution in [0.5, 0.6) is 11.5 Å². The van der Waals surface area contributed by atoms with Gasteiger partial charge in [-0.25, -0.2) is 0 Å². The van der Waals surface area contributed by atoms with Crippen LogP contribution in [-0.4, -0.2) is 17.3 Å². The van der Waals surface area contributed by atoms with Gasteiger partial charge in [-0.1, -0.05) is 71.4 Å². The van der Waals surface area contributed by atoms with Crippen molar-refractivity contribution < 1.29 is 14.3 Å². The Hall–Kier alpha value is -3.02. The molecule has 1 aliphatic rings. The number of thioether (sulfide) groups is 1. The molecule has 0 N–H and O–H groups in total. The molecule has 5 nitrogen and oxygen atoms in total. The summed E-state index contributed by atoms with van der Waals surface area (Å²) in [6.07, 6.45) is 1.74. The fourth-order valence-corrected chi connectivity index (χ4v) is 4.86. The first-order valence-corrected chi connectivity index (χ1v) is 11.9. The number of rotatable bonds is 6. The predicted molar refractivity (Wildman–Crippen MR) is 141 cm³/mol. The van der Waals surface area contributed by atoms with Crippen LogP contribution in [0.25, 0.3) is 6.08 Å². The van der Waals surface area contributed by atoms with Crippen LogP contribution in [0.1, 0.15) is 16.7 Å².